The van der Waals surface area contributed by atoms with Gasteiger partial charge >= 0.3 is 0 Å². The minimum absolute atomic E-state index is 0.522. The first-order valence-corrected chi connectivity index (χ1v) is 8.00. The van der Waals surface area contributed by atoms with E-state index in [0.29, 0.717) is 11.8 Å². The van der Waals surface area contributed by atoms with E-state index >= 15 is 0 Å². The average molecular weight is 301 g/mol. The van der Waals surface area contributed by atoms with Crippen LogP contribution >= 0.6 is 0 Å². The van der Waals surface area contributed by atoms with Crippen molar-refractivity contribution in [3.63, 3.8) is 0 Å². The van der Waals surface area contributed by atoms with Gasteiger partial charge in [-0.3, -0.25) is 4.98 Å². The predicted molar refractivity (Wildman–Crippen MR) is 95.1 cm³/mol. The van der Waals surface area contributed by atoms with Crippen LogP contribution in [0, 0.1) is 5.92 Å². The van der Waals surface area contributed by atoms with Gasteiger partial charge in [0.2, 0.25) is 0 Å². The van der Waals surface area contributed by atoms with Crippen molar-refractivity contribution >= 4 is 22.3 Å². The highest BCUT2D eigenvalue weighted by Crippen LogP contribution is 2.37. The van der Waals surface area contributed by atoms with Crippen molar-refractivity contribution in [1.82, 2.24) is 4.98 Å². The molecule has 1 unspecified atom stereocenters. The molecule has 23 heavy (non-hydrogen) atoms. The van der Waals surface area contributed by atoms with Crippen molar-refractivity contribution in [1.29, 1.82) is 0 Å². The predicted octanol–water partition coefficient (Wildman–Crippen LogP) is 4.01. The number of rotatable bonds is 4. The molecule has 0 bridgehead atoms. The lowest BCUT2D eigenvalue weighted by Gasteiger charge is -2.15. The Hall–Kier alpha value is -2.68. The van der Waals surface area contributed by atoms with Gasteiger partial charge < -0.3 is 5.73 Å². The summed E-state index contributed by atoms with van der Waals surface area (Å²) in [5, 5.41) is 2.42. The van der Waals surface area contributed by atoms with Crippen LogP contribution in [0.25, 0.3) is 10.8 Å². The Morgan fingerprint density at radius 3 is 2.78 bits per heavy atom. The number of hydrogen-bond acceptors (Lipinski definition) is 3. The van der Waals surface area contributed by atoms with Crippen LogP contribution < -0.4 is 5.73 Å². The number of hydrogen-bond donors (Lipinski definition) is 1. The van der Waals surface area contributed by atoms with Gasteiger partial charge in [0.25, 0.3) is 0 Å². The molecule has 0 aliphatic carbocycles. The molecule has 1 aliphatic rings. The highest BCUT2D eigenvalue weighted by atomic mass is 14.9. The van der Waals surface area contributed by atoms with Crippen LogP contribution in [0.2, 0.25) is 0 Å². The van der Waals surface area contributed by atoms with Crippen LogP contribution in [0.5, 0.6) is 0 Å². The second-order valence-corrected chi connectivity index (χ2v) is 6.35. The molecule has 3 aromatic rings. The molecule has 3 nitrogen and oxygen atoms in total. The fourth-order valence-electron chi connectivity index (χ4n) is 3.51. The average Bonchev–Trinajstić information content (AvgIpc) is 2.89. The first kappa shape index (κ1) is 13.9. The lowest BCUT2D eigenvalue weighted by atomic mass is 9.90. The molecule has 0 saturated carbocycles. The maximum atomic E-state index is 6.21. The second-order valence-electron chi connectivity index (χ2n) is 6.35. The van der Waals surface area contributed by atoms with E-state index in [9.17, 15) is 0 Å². The van der Waals surface area contributed by atoms with E-state index in [1.165, 1.54) is 21.9 Å². The monoisotopic (exact) mass is 301 g/mol. The molecule has 2 N–H and O–H groups in total. The van der Waals surface area contributed by atoms with Crippen molar-refractivity contribution in [2.75, 3.05) is 0 Å². The number of nitrogens with two attached hydrogens (primary N) is 1. The summed E-state index contributed by atoms with van der Waals surface area (Å²) in [4.78, 5) is 8.73. The molecule has 0 radical (unpaired) electrons. The molecule has 0 fully saturated rings. The molecule has 0 saturated heterocycles. The van der Waals surface area contributed by atoms with Crippen LogP contribution in [-0.2, 0) is 12.8 Å². The van der Waals surface area contributed by atoms with Crippen LogP contribution in [0.3, 0.4) is 0 Å². The summed E-state index contributed by atoms with van der Waals surface area (Å²) in [5.41, 5.74) is 10.9. The highest BCUT2D eigenvalue weighted by Gasteiger charge is 2.20. The van der Waals surface area contributed by atoms with E-state index < -0.39 is 0 Å². The fourth-order valence-corrected chi connectivity index (χ4v) is 3.51. The Bertz CT molecular complexity index is 897. The third-order valence-corrected chi connectivity index (χ3v) is 4.48. The molecule has 0 spiro atoms. The Morgan fingerprint density at radius 2 is 1.96 bits per heavy atom. The summed E-state index contributed by atoms with van der Waals surface area (Å²) in [7, 11) is 0. The van der Waals surface area contributed by atoms with Crippen LogP contribution in [0.1, 0.15) is 23.6 Å². The minimum atomic E-state index is 0.522. The first-order valence-electron chi connectivity index (χ1n) is 8.00. The van der Waals surface area contributed by atoms with E-state index in [1.54, 1.807) is 0 Å². The Kier molecular flexibility index (Phi) is 3.34. The molecule has 1 atom stereocenters. The van der Waals surface area contributed by atoms with Crippen LogP contribution in [-0.4, -0.2) is 10.8 Å². The third kappa shape index (κ3) is 2.48. The van der Waals surface area contributed by atoms with E-state index in [2.05, 4.69) is 41.2 Å². The topological polar surface area (TPSA) is 51.3 Å². The zero-order valence-corrected chi connectivity index (χ0v) is 13.2. The number of aromatic nitrogens is 1. The zero-order chi connectivity index (χ0) is 15.8. The van der Waals surface area contributed by atoms with Gasteiger partial charge in [-0.1, -0.05) is 37.3 Å². The van der Waals surface area contributed by atoms with Gasteiger partial charge in [0.05, 0.1) is 5.69 Å². The number of amidine groups is 1. The summed E-state index contributed by atoms with van der Waals surface area (Å²) in [6, 6.07) is 14.7. The van der Waals surface area contributed by atoms with Crippen molar-refractivity contribution < 1.29 is 0 Å². The molecular weight excluding hydrogens is 282 g/mol. The molecular formula is C20H19N3. The lowest BCUT2D eigenvalue weighted by Crippen LogP contribution is -2.15. The molecule has 2 heterocycles. The van der Waals surface area contributed by atoms with Crippen molar-refractivity contribution in [2.24, 2.45) is 16.6 Å². The number of benzene rings is 2. The van der Waals surface area contributed by atoms with Gasteiger partial charge in [-0.05, 0) is 47.4 Å². The van der Waals surface area contributed by atoms with E-state index in [1.807, 2.05) is 30.6 Å². The molecule has 4 rings (SSSR count). The Morgan fingerprint density at radius 1 is 1.04 bits per heavy atom. The molecule has 0 amide bonds. The number of aliphatic imine (C=N–C) groups is 1. The normalized spacial score (nSPS) is 14.0. The minimum Gasteiger partial charge on any atom is -0.383 e. The molecule has 1 aromatic heterocycles. The number of nitrogens with zero attached hydrogens (tertiary/aromatic N) is 2. The van der Waals surface area contributed by atoms with Gasteiger partial charge in [-0.25, -0.2) is 4.99 Å². The van der Waals surface area contributed by atoms with Gasteiger partial charge in [0.15, 0.2) is 0 Å². The van der Waals surface area contributed by atoms with Crippen LogP contribution in [0.15, 0.2) is 59.9 Å². The van der Waals surface area contributed by atoms with Gasteiger partial charge in [0, 0.05) is 23.3 Å². The summed E-state index contributed by atoms with van der Waals surface area (Å²) in [6.45, 7) is 2.28. The maximum absolute atomic E-state index is 6.21. The molecule has 3 heteroatoms. The van der Waals surface area contributed by atoms with E-state index in [4.69, 9.17) is 5.73 Å². The van der Waals surface area contributed by atoms with E-state index in [0.717, 1.165) is 24.1 Å². The summed E-state index contributed by atoms with van der Waals surface area (Å²) in [5.74, 6) is 1.17. The van der Waals surface area contributed by atoms with Gasteiger partial charge in [0.1, 0.15) is 5.84 Å². The van der Waals surface area contributed by atoms with Crippen molar-refractivity contribution in [2.45, 2.75) is 19.8 Å². The quantitative estimate of drug-likeness (QED) is 0.791. The Labute approximate surface area is 135 Å². The molecule has 114 valence electrons. The van der Waals surface area contributed by atoms with E-state index in [-0.39, 0.29) is 0 Å². The second kappa shape index (κ2) is 5.51. The summed E-state index contributed by atoms with van der Waals surface area (Å²) < 4.78 is 0. The summed E-state index contributed by atoms with van der Waals surface area (Å²) in [6.07, 6.45) is 5.77. The highest BCUT2D eigenvalue weighted by molar-refractivity contribution is 6.19. The molecule has 1 aliphatic heterocycles. The maximum Gasteiger partial charge on any atom is 0.132 e. The van der Waals surface area contributed by atoms with Crippen molar-refractivity contribution in [3.8, 4) is 0 Å². The standard InChI is InChI=1S/C20H19N3/c1-13(10-14-4-3-9-22-12-14)11-16-8-7-15-5-2-6-17-18(15)19(16)20(21)23-17/h2-9,12-13H,10-11H2,1H3,(H2,21,23). The number of pyridine rings is 1. The smallest absolute Gasteiger partial charge is 0.132 e. The zero-order valence-electron chi connectivity index (χ0n) is 13.2. The van der Waals surface area contributed by atoms with Crippen molar-refractivity contribution in [3.05, 3.63) is 71.5 Å². The van der Waals surface area contributed by atoms with Gasteiger partial charge in [-0.2, -0.15) is 0 Å². The fraction of sp³-hybridized carbons (Fsp3) is 0.200. The largest absolute Gasteiger partial charge is 0.383 e. The summed E-state index contributed by atoms with van der Waals surface area (Å²) >= 11 is 0. The third-order valence-electron chi connectivity index (χ3n) is 4.48. The van der Waals surface area contributed by atoms with Crippen LogP contribution in [0.4, 0.5) is 5.69 Å². The Balaban J connectivity index is 1.66. The first-order chi connectivity index (χ1) is 11.2. The SMILES string of the molecule is CC(Cc1cccnc1)Cc1ccc2cccc3c2c1C(N)=N3. The lowest BCUT2D eigenvalue weighted by molar-refractivity contribution is 0.576. The van der Waals surface area contributed by atoms with Gasteiger partial charge in [-0.15, -0.1) is 0 Å². The molecule has 2 aromatic carbocycles.